The molecule has 0 bridgehead atoms. The smallest absolute Gasteiger partial charge is 0.258 e. The minimum Gasteiger partial charge on any atom is -0.308 e. The Morgan fingerprint density at radius 2 is 2.08 bits per heavy atom. The largest absolute Gasteiger partial charge is 0.308 e. The van der Waals surface area contributed by atoms with E-state index in [-0.39, 0.29) is 5.91 Å². The van der Waals surface area contributed by atoms with E-state index in [9.17, 15) is 4.79 Å². The summed E-state index contributed by atoms with van der Waals surface area (Å²) < 4.78 is 1.69. The Balaban J connectivity index is 1.67. The monoisotopic (exact) mass is 338 g/mol. The molecule has 1 aromatic heterocycles. The molecule has 0 atom stereocenters. The zero-order valence-electron chi connectivity index (χ0n) is 13.1. The number of halogens is 1. The van der Waals surface area contributed by atoms with Crippen LogP contribution in [-0.4, -0.2) is 27.2 Å². The lowest BCUT2D eigenvalue weighted by Crippen LogP contribution is -2.29. The third kappa shape index (κ3) is 2.37. The number of amides is 1. The molecule has 4 rings (SSSR count). The third-order valence-corrected chi connectivity index (χ3v) is 4.68. The highest BCUT2D eigenvalue weighted by molar-refractivity contribution is 6.32. The predicted octanol–water partition coefficient (Wildman–Crippen LogP) is 3.43. The minimum absolute atomic E-state index is 0.00995. The van der Waals surface area contributed by atoms with Gasteiger partial charge in [0.05, 0.1) is 5.69 Å². The highest BCUT2D eigenvalue weighted by Crippen LogP contribution is 2.34. The minimum atomic E-state index is -0.00995. The number of anilines is 1. The third-order valence-electron chi connectivity index (χ3n) is 4.32. The lowest BCUT2D eigenvalue weighted by atomic mass is 10.1. The molecule has 2 aromatic carbocycles. The van der Waals surface area contributed by atoms with Crippen LogP contribution in [0, 0.1) is 6.92 Å². The molecule has 0 aliphatic carbocycles. The van der Waals surface area contributed by atoms with Crippen LogP contribution in [0.4, 0.5) is 5.69 Å². The molecule has 6 heteroatoms. The molecule has 5 nitrogen and oxygen atoms in total. The zero-order valence-corrected chi connectivity index (χ0v) is 13.9. The number of fused-ring (bicyclic) bond motifs is 1. The van der Waals surface area contributed by atoms with Gasteiger partial charge in [-0.25, -0.2) is 9.67 Å². The maximum atomic E-state index is 12.9. The Morgan fingerprint density at radius 3 is 2.83 bits per heavy atom. The maximum Gasteiger partial charge on any atom is 0.258 e. The lowest BCUT2D eigenvalue weighted by Gasteiger charge is -2.18. The summed E-state index contributed by atoms with van der Waals surface area (Å²) in [5, 5.41) is 4.86. The Hall–Kier alpha value is -2.66. The summed E-state index contributed by atoms with van der Waals surface area (Å²) >= 11 is 6.24. The van der Waals surface area contributed by atoms with Crippen LogP contribution in [0.3, 0.4) is 0 Å². The van der Waals surface area contributed by atoms with Gasteiger partial charge in [-0.2, -0.15) is 5.10 Å². The van der Waals surface area contributed by atoms with E-state index in [0.29, 0.717) is 12.1 Å². The number of hydrogen-bond donors (Lipinski definition) is 0. The van der Waals surface area contributed by atoms with Crippen LogP contribution in [0.5, 0.6) is 0 Å². The van der Waals surface area contributed by atoms with Crippen molar-refractivity contribution in [2.75, 3.05) is 11.4 Å². The van der Waals surface area contributed by atoms with Crippen molar-refractivity contribution in [2.45, 2.75) is 13.3 Å². The van der Waals surface area contributed by atoms with Crippen molar-refractivity contribution >= 4 is 23.2 Å². The van der Waals surface area contributed by atoms with Crippen LogP contribution in [0.1, 0.15) is 21.5 Å². The van der Waals surface area contributed by atoms with Crippen molar-refractivity contribution < 1.29 is 4.79 Å². The first kappa shape index (κ1) is 14.9. The van der Waals surface area contributed by atoms with E-state index in [1.54, 1.807) is 15.9 Å². The normalized spacial score (nSPS) is 13.2. The van der Waals surface area contributed by atoms with Crippen molar-refractivity contribution in [1.29, 1.82) is 0 Å². The van der Waals surface area contributed by atoms with E-state index in [1.165, 1.54) is 6.33 Å². The van der Waals surface area contributed by atoms with Crippen LogP contribution in [0.25, 0.3) is 5.69 Å². The molecule has 1 amide bonds. The van der Waals surface area contributed by atoms with Crippen LogP contribution in [-0.2, 0) is 6.42 Å². The first-order valence-corrected chi connectivity index (χ1v) is 8.08. The highest BCUT2D eigenvalue weighted by Gasteiger charge is 2.27. The van der Waals surface area contributed by atoms with E-state index in [1.807, 2.05) is 43.3 Å². The molecule has 1 aliphatic heterocycles. The van der Waals surface area contributed by atoms with Gasteiger partial charge in [-0.15, -0.1) is 0 Å². The van der Waals surface area contributed by atoms with Gasteiger partial charge in [-0.1, -0.05) is 17.7 Å². The molecule has 2 heterocycles. The molecular formula is C18H15ClN4O. The van der Waals surface area contributed by atoms with Crippen LogP contribution in [0.15, 0.2) is 49.1 Å². The van der Waals surface area contributed by atoms with Gasteiger partial charge in [0.25, 0.3) is 5.91 Å². The summed E-state index contributed by atoms with van der Waals surface area (Å²) in [6, 6.07) is 11.3. The van der Waals surface area contributed by atoms with Gasteiger partial charge in [0, 0.05) is 22.8 Å². The molecule has 0 fully saturated rings. The molecular weight excluding hydrogens is 324 g/mol. The SMILES string of the molecule is Cc1cc(C(=O)N2CCc3c(Cl)cccc32)ccc1-n1cncn1. The van der Waals surface area contributed by atoms with Gasteiger partial charge in [-0.3, -0.25) is 4.79 Å². The average Bonchev–Trinajstić information content (AvgIpc) is 3.24. The molecule has 0 saturated heterocycles. The summed E-state index contributed by atoms with van der Waals surface area (Å²) in [4.78, 5) is 18.7. The molecule has 24 heavy (non-hydrogen) atoms. The van der Waals surface area contributed by atoms with Gasteiger partial charge in [0.1, 0.15) is 12.7 Å². The van der Waals surface area contributed by atoms with E-state index in [4.69, 9.17) is 11.6 Å². The predicted molar refractivity (Wildman–Crippen MR) is 92.9 cm³/mol. The van der Waals surface area contributed by atoms with E-state index < -0.39 is 0 Å². The maximum absolute atomic E-state index is 12.9. The number of hydrogen-bond acceptors (Lipinski definition) is 3. The zero-order chi connectivity index (χ0) is 16.7. The first-order chi connectivity index (χ1) is 11.6. The Morgan fingerprint density at radius 1 is 1.21 bits per heavy atom. The van der Waals surface area contributed by atoms with E-state index >= 15 is 0 Å². The van der Waals surface area contributed by atoms with Crippen molar-refractivity contribution in [1.82, 2.24) is 14.8 Å². The summed E-state index contributed by atoms with van der Waals surface area (Å²) in [7, 11) is 0. The molecule has 1 aliphatic rings. The number of aromatic nitrogens is 3. The number of carbonyl (C=O) groups is 1. The Labute approximate surface area is 144 Å². The second-order valence-electron chi connectivity index (χ2n) is 5.79. The summed E-state index contributed by atoms with van der Waals surface area (Å²) in [5.41, 5.74) is 4.49. The number of rotatable bonds is 2. The van der Waals surface area contributed by atoms with Crippen LogP contribution in [0.2, 0.25) is 5.02 Å². The quantitative estimate of drug-likeness (QED) is 0.719. The molecule has 0 saturated carbocycles. The van der Waals surface area contributed by atoms with Crippen molar-refractivity contribution in [2.24, 2.45) is 0 Å². The van der Waals surface area contributed by atoms with E-state index in [2.05, 4.69) is 10.1 Å². The van der Waals surface area contributed by atoms with Gasteiger partial charge in [0.2, 0.25) is 0 Å². The highest BCUT2D eigenvalue weighted by atomic mass is 35.5. The van der Waals surface area contributed by atoms with Gasteiger partial charge < -0.3 is 4.90 Å². The average molecular weight is 339 g/mol. The van der Waals surface area contributed by atoms with Crippen LogP contribution >= 0.6 is 11.6 Å². The standard InChI is InChI=1S/C18H15ClN4O/c1-12-9-13(5-6-16(12)23-11-20-10-21-23)18(24)22-8-7-14-15(19)3-2-4-17(14)22/h2-6,9-11H,7-8H2,1H3. The first-order valence-electron chi connectivity index (χ1n) is 7.70. The summed E-state index contributed by atoms with van der Waals surface area (Å²) in [6.45, 7) is 2.62. The topological polar surface area (TPSA) is 51.0 Å². The number of nitrogens with zero attached hydrogens (tertiary/aromatic N) is 4. The number of carbonyl (C=O) groups excluding carboxylic acids is 1. The second kappa shape index (κ2) is 5.76. The van der Waals surface area contributed by atoms with Crippen LogP contribution < -0.4 is 4.90 Å². The molecule has 0 spiro atoms. The Bertz CT molecular complexity index is 921. The van der Waals surface area contributed by atoms with E-state index in [0.717, 1.165) is 33.9 Å². The van der Waals surface area contributed by atoms with Gasteiger partial charge in [-0.05, 0) is 54.8 Å². The fourth-order valence-electron chi connectivity index (χ4n) is 3.14. The second-order valence-corrected chi connectivity index (χ2v) is 6.19. The van der Waals surface area contributed by atoms with Crippen molar-refractivity contribution in [3.05, 3.63) is 70.8 Å². The van der Waals surface area contributed by atoms with Gasteiger partial charge in [0.15, 0.2) is 0 Å². The van der Waals surface area contributed by atoms with Crippen molar-refractivity contribution in [3.63, 3.8) is 0 Å². The summed E-state index contributed by atoms with van der Waals surface area (Å²) in [6.07, 6.45) is 3.92. The molecule has 0 radical (unpaired) electrons. The Kier molecular flexibility index (Phi) is 3.58. The van der Waals surface area contributed by atoms with Crippen molar-refractivity contribution in [3.8, 4) is 5.69 Å². The lowest BCUT2D eigenvalue weighted by molar-refractivity contribution is 0.0989. The number of benzene rings is 2. The fourth-order valence-corrected chi connectivity index (χ4v) is 3.40. The number of aryl methyl sites for hydroxylation is 1. The molecule has 120 valence electrons. The molecule has 3 aromatic rings. The summed E-state index contributed by atoms with van der Waals surface area (Å²) in [5.74, 6) is -0.00995. The fraction of sp³-hybridized carbons (Fsp3) is 0.167. The van der Waals surface area contributed by atoms with Gasteiger partial charge >= 0.3 is 0 Å². The molecule has 0 N–H and O–H groups in total. The molecule has 0 unspecified atom stereocenters.